The Kier molecular flexibility index (Phi) is 6.71. The van der Waals surface area contributed by atoms with Crippen molar-refractivity contribution in [3.8, 4) is 17.2 Å². The van der Waals surface area contributed by atoms with Crippen molar-refractivity contribution in [2.24, 2.45) is 0 Å². The van der Waals surface area contributed by atoms with Gasteiger partial charge in [-0.2, -0.15) is 0 Å². The predicted molar refractivity (Wildman–Crippen MR) is 124 cm³/mol. The van der Waals surface area contributed by atoms with Crippen LogP contribution in [0.1, 0.15) is 11.7 Å². The van der Waals surface area contributed by atoms with E-state index in [2.05, 4.69) is 0 Å². The van der Waals surface area contributed by atoms with E-state index in [4.69, 9.17) is 18.6 Å². The van der Waals surface area contributed by atoms with Gasteiger partial charge in [-0.1, -0.05) is 0 Å². The molecule has 9 N–H and O–H groups in total. The van der Waals surface area contributed by atoms with Gasteiger partial charge in [-0.3, -0.25) is 4.79 Å². The molecule has 8 atom stereocenters. The standard InChI is InChI=1S/C24H26O14/c25-6-24(34)7-36-23(22(24)33)35-5-13-17(29)19(31)20(32)21(38-13)14-10(27)4-12-15(18(14)30)16(28)9-3-8(26)1-2-11(9)37-12/h1-4,13,17,19-23,25-27,29-34H,5-7H2/t13-,17-,19+,20-,21-,22+,23+,24-/m1/s1. The van der Waals surface area contributed by atoms with Crippen LogP contribution in [0.15, 0.2) is 33.5 Å². The van der Waals surface area contributed by atoms with E-state index in [1.807, 2.05) is 0 Å². The minimum Gasteiger partial charge on any atom is -0.508 e. The molecule has 206 valence electrons. The van der Waals surface area contributed by atoms with Crippen molar-refractivity contribution < 1.29 is 64.6 Å². The quantitative estimate of drug-likeness (QED) is 0.160. The number of phenolic OH excluding ortho intramolecular Hbond substituents is 3. The maximum atomic E-state index is 13.1. The second-order valence-electron chi connectivity index (χ2n) is 9.43. The van der Waals surface area contributed by atoms with Gasteiger partial charge in [0.05, 0.1) is 30.8 Å². The molecule has 14 nitrogen and oxygen atoms in total. The number of rotatable bonds is 5. The minimum absolute atomic E-state index is 0.0703. The fourth-order valence-corrected chi connectivity index (χ4v) is 4.72. The molecular weight excluding hydrogens is 512 g/mol. The summed E-state index contributed by atoms with van der Waals surface area (Å²) in [7, 11) is 0. The van der Waals surface area contributed by atoms with Gasteiger partial charge in [0.2, 0.25) is 5.43 Å². The molecule has 0 aliphatic carbocycles. The van der Waals surface area contributed by atoms with Crippen LogP contribution >= 0.6 is 0 Å². The van der Waals surface area contributed by atoms with Crippen molar-refractivity contribution in [3.63, 3.8) is 0 Å². The molecular formula is C24H26O14. The molecule has 38 heavy (non-hydrogen) atoms. The average Bonchev–Trinajstić information content (AvgIpc) is 3.17. The van der Waals surface area contributed by atoms with Crippen LogP contribution in [0.4, 0.5) is 0 Å². The lowest BCUT2D eigenvalue weighted by atomic mass is 9.89. The predicted octanol–water partition coefficient (Wildman–Crippen LogP) is -1.96. The molecule has 0 bridgehead atoms. The molecule has 3 heterocycles. The smallest absolute Gasteiger partial charge is 0.204 e. The van der Waals surface area contributed by atoms with Gasteiger partial charge in [0.15, 0.2) is 6.29 Å². The van der Waals surface area contributed by atoms with Crippen LogP contribution in [-0.2, 0) is 14.2 Å². The molecule has 0 amide bonds. The van der Waals surface area contributed by atoms with Crippen LogP contribution in [0.25, 0.3) is 21.9 Å². The zero-order valence-electron chi connectivity index (χ0n) is 19.5. The van der Waals surface area contributed by atoms with E-state index < -0.39 is 96.2 Å². The van der Waals surface area contributed by atoms with Gasteiger partial charge in [-0.15, -0.1) is 0 Å². The Balaban J connectivity index is 1.49. The lowest BCUT2D eigenvalue weighted by Gasteiger charge is -2.41. The summed E-state index contributed by atoms with van der Waals surface area (Å²) in [5.74, 6) is -1.72. The summed E-state index contributed by atoms with van der Waals surface area (Å²) >= 11 is 0. The Morgan fingerprint density at radius 2 is 1.74 bits per heavy atom. The van der Waals surface area contributed by atoms with E-state index in [0.29, 0.717) is 0 Å². The highest BCUT2D eigenvalue weighted by molar-refractivity contribution is 5.95. The number of aliphatic hydroxyl groups is 6. The summed E-state index contributed by atoms with van der Waals surface area (Å²) < 4.78 is 21.7. The van der Waals surface area contributed by atoms with E-state index >= 15 is 0 Å². The lowest BCUT2D eigenvalue weighted by molar-refractivity contribution is -0.253. The Hall–Kier alpha value is -3.05. The molecule has 0 saturated carbocycles. The summed E-state index contributed by atoms with van der Waals surface area (Å²) in [6.07, 6.45) is -11.7. The SMILES string of the molecule is O=c1c2cc(O)ccc2oc2cc(O)c([C@H]3O[C@H](CO[C@H]4OC[C@](O)(CO)[C@H]4O)[C@@H](O)[C@H](O)[C@H]3O)c(O)c12. The first-order chi connectivity index (χ1) is 18.0. The monoisotopic (exact) mass is 538 g/mol. The third-order valence-electron chi connectivity index (χ3n) is 6.94. The number of ether oxygens (including phenoxy) is 3. The molecule has 2 saturated heterocycles. The lowest BCUT2D eigenvalue weighted by Crippen LogP contribution is -2.56. The van der Waals surface area contributed by atoms with Crippen LogP contribution < -0.4 is 5.43 Å². The Labute approximate surface area is 212 Å². The zero-order chi connectivity index (χ0) is 27.5. The van der Waals surface area contributed by atoms with Gasteiger partial charge in [-0.25, -0.2) is 0 Å². The van der Waals surface area contributed by atoms with Gasteiger partial charge in [0.25, 0.3) is 0 Å². The molecule has 2 aliphatic heterocycles. The number of aliphatic hydroxyl groups excluding tert-OH is 5. The van der Waals surface area contributed by atoms with Crippen molar-refractivity contribution in [2.75, 3.05) is 19.8 Å². The van der Waals surface area contributed by atoms with Crippen molar-refractivity contribution in [1.29, 1.82) is 0 Å². The van der Waals surface area contributed by atoms with Crippen molar-refractivity contribution in [3.05, 3.63) is 40.1 Å². The number of benzene rings is 2. The summed E-state index contributed by atoms with van der Waals surface area (Å²) in [5, 5.41) is 92.0. The van der Waals surface area contributed by atoms with E-state index in [-0.39, 0.29) is 22.3 Å². The van der Waals surface area contributed by atoms with Gasteiger partial charge >= 0.3 is 0 Å². The van der Waals surface area contributed by atoms with Gasteiger partial charge in [-0.05, 0) is 18.2 Å². The van der Waals surface area contributed by atoms with E-state index in [1.165, 1.54) is 12.1 Å². The fourth-order valence-electron chi connectivity index (χ4n) is 4.72. The highest BCUT2D eigenvalue weighted by Gasteiger charge is 2.50. The highest BCUT2D eigenvalue weighted by atomic mass is 16.7. The van der Waals surface area contributed by atoms with Gasteiger partial charge in [0.1, 0.15) is 76.0 Å². The van der Waals surface area contributed by atoms with E-state index in [1.54, 1.807) is 0 Å². The number of hydrogen-bond donors (Lipinski definition) is 9. The van der Waals surface area contributed by atoms with Crippen LogP contribution in [0, 0.1) is 0 Å². The number of phenols is 3. The summed E-state index contributed by atoms with van der Waals surface area (Å²) in [6.45, 7) is -1.82. The maximum absolute atomic E-state index is 13.1. The second-order valence-corrected chi connectivity index (χ2v) is 9.43. The molecule has 14 heteroatoms. The number of hydrogen-bond acceptors (Lipinski definition) is 14. The number of fused-ring (bicyclic) bond motifs is 2. The topological polar surface area (TPSA) is 240 Å². The Bertz CT molecular complexity index is 1420. The third-order valence-corrected chi connectivity index (χ3v) is 6.94. The first-order valence-corrected chi connectivity index (χ1v) is 11.6. The van der Waals surface area contributed by atoms with E-state index in [0.717, 1.165) is 12.1 Å². The fraction of sp³-hybridized carbons (Fsp3) is 0.458. The van der Waals surface area contributed by atoms with Crippen LogP contribution in [0.2, 0.25) is 0 Å². The van der Waals surface area contributed by atoms with Crippen molar-refractivity contribution >= 4 is 21.9 Å². The first-order valence-electron chi connectivity index (χ1n) is 11.6. The number of aromatic hydroxyl groups is 3. The van der Waals surface area contributed by atoms with Crippen molar-refractivity contribution in [1.82, 2.24) is 0 Å². The Morgan fingerprint density at radius 1 is 1.00 bits per heavy atom. The zero-order valence-corrected chi connectivity index (χ0v) is 19.5. The molecule has 1 aromatic heterocycles. The largest absolute Gasteiger partial charge is 0.508 e. The van der Waals surface area contributed by atoms with Crippen LogP contribution in [0.3, 0.4) is 0 Å². The molecule has 2 aromatic carbocycles. The average molecular weight is 538 g/mol. The third kappa shape index (κ3) is 4.16. The molecule has 0 spiro atoms. The molecule has 3 aromatic rings. The first kappa shape index (κ1) is 26.6. The Morgan fingerprint density at radius 3 is 2.42 bits per heavy atom. The molecule has 5 rings (SSSR count). The minimum atomic E-state index is -1.97. The van der Waals surface area contributed by atoms with Gasteiger partial charge < -0.3 is 64.6 Å². The summed E-state index contributed by atoms with van der Waals surface area (Å²) in [6, 6.07) is 4.75. The van der Waals surface area contributed by atoms with Crippen molar-refractivity contribution in [2.45, 2.75) is 48.5 Å². The summed E-state index contributed by atoms with van der Waals surface area (Å²) in [5.41, 5.74) is -3.35. The maximum Gasteiger partial charge on any atom is 0.204 e. The molecule has 0 unspecified atom stereocenters. The van der Waals surface area contributed by atoms with Crippen LogP contribution in [-0.4, -0.2) is 108 Å². The molecule has 0 radical (unpaired) electrons. The van der Waals surface area contributed by atoms with Gasteiger partial charge in [0, 0.05) is 6.07 Å². The normalized spacial score (nSPS) is 33.8. The second kappa shape index (κ2) is 9.60. The van der Waals surface area contributed by atoms with Crippen LogP contribution in [0.5, 0.6) is 17.2 Å². The molecule has 2 fully saturated rings. The highest BCUT2D eigenvalue weighted by Crippen LogP contribution is 2.45. The van der Waals surface area contributed by atoms with E-state index in [9.17, 15) is 50.8 Å². The summed E-state index contributed by atoms with van der Waals surface area (Å²) in [4.78, 5) is 13.1. The molecule has 2 aliphatic rings.